The number of nitrogens with zero attached hydrogens (tertiary/aromatic N) is 2. The zero-order chi connectivity index (χ0) is 19.1. The summed E-state index contributed by atoms with van der Waals surface area (Å²) in [5, 5.41) is 2.80. The number of benzene rings is 1. The van der Waals surface area contributed by atoms with Crippen LogP contribution in [-0.4, -0.2) is 40.8 Å². The van der Waals surface area contributed by atoms with E-state index in [4.69, 9.17) is 4.74 Å². The minimum atomic E-state index is -0.390. The van der Waals surface area contributed by atoms with Gasteiger partial charge < -0.3 is 15.0 Å². The van der Waals surface area contributed by atoms with Gasteiger partial charge in [-0.3, -0.25) is 14.6 Å². The number of pyridine rings is 1. The molecule has 6 heteroatoms. The second-order valence-electron chi connectivity index (χ2n) is 6.30. The normalized spacial score (nSPS) is 17.0. The molecule has 1 N–H and O–H groups in total. The molecule has 1 unspecified atom stereocenters. The average Bonchev–Trinajstić information content (AvgIpc) is 2.72. The van der Waals surface area contributed by atoms with Crippen molar-refractivity contribution in [3.63, 3.8) is 0 Å². The molecule has 0 radical (unpaired) electrons. The Morgan fingerprint density at radius 2 is 2.15 bits per heavy atom. The third kappa shape index (κ3) is 4.94. The second kappa shape index (κ2) is 8.98. The van der Waals surface area contributed by atoms with Crippen LogP contribution in [0.15, 0.2) is 54.9 Å². The lowest BCUT2D eigenvalue weighted by molar-refractivity contribution is -0.140. The molecule has 2 amide bonds. The quantitative estimate of drug-likeness (QED) is 0.798. The molecule has 140 valence electrons. The van der Waals surface area contributed by atoms with Gasteiger partial charge in [0.1, 0.15) is 18.4 Å². The molecule has 6 nitrogen and oxygen atoms in total. The number of hydrogen-bond acceptors (Lipinski definition) is 4. The molecule has 1 aromatic carbocycles. The van der Waals surface area contributed by atoms with Gasteiger partial charge in [-0.25, -0.2) is 0 Å². The first-order valence-corrected chi connectivity index (χ1v) is 9.05. The van der Waals surface area contributed by atoms with Crippen molar-refractivity contribution < 1.29 is 14.3 Å². The summed E-state index contributed by atoms with van der Waals surface area (Å²) in [7, 11) is 0. The summed E-state index contributed by atoms with van der Waals surface area (Å²) >= 11 is 0. The van der Waals surface area contributed by atoms with Crippen molar-refractivity contribution in [1.29, 1.82) is 0 Å². The molecule has 0 aliphatic carbocycles. The van der Waals surface area contributed by atoms with E-state index in [9.17, 15) is 9.59 Å². The number of hydrogen-bond donors (Lipinski definition) is 1. The van der Waals surface area contributed by atoms with Crippen molar-refractivity contribution in [2.45, 2.75) is 26.0 Å². The molecular weight excluding hydrogens is 342 g/mol. The van der Waals surface area contributed by atoms with E-state index in [0.717, 1.165) is 16.9 Å². The summed E-state index contributed by atoms with van der Waals surface area (Å²) in [5.74, 6) is 0.523. The fraction of sp³-hybridized carbons (Fsp3) is 0.286. The molecular formula is C21H23N3O3. The molecule has 1 atom stereocenters. The Hall–Kier alpha value is -3.15. The third-order valence-electron chi connectivity index (χ3n) is 4.43. The largest absolute Gasteiger partial charge is 0.489 e. The van der Waals surface area contributed by atoms with Crippen LogP contribution in [0, 0.1) is 0 Å². The minimum absolute atomic E-state index is 0.0828. The molecule has 2 heterocycles. The van der Waals surface area contributed by atoms with Crippen LogP contribution in [0.3, 0.4) is 0 Å². The molecule has 1 aliphatic heterocycles. The topological polar surface area (TPSA) is 71.5 Å². The maximum atomic E-state index is 12.4. The lowest BCUT2D eigenvalue weighted by atomic mass is 10.1. The molecule has 1 saturated heterocycles. The van der Waals surface area contributed by atoms with Gasteiger partial charge in [0.15, 0.2) is 0 Å². The van der Waals surface area contributed by atoms with E-state index in [1.54, 1.807) is 23.4 Å². The van der Waals surface area contributed by atoms with E-state index in [1.807, 2.05) is 43.3 Å². The number of aromatic nitrogens is 1. The molecule has 1 aliphatic rings. The monoisotopic (exact) mass is 365 g/mol. The summed E-state index contributed by atoms with van der Waals surface area (Å²) in [5.41, 5.74) is 1.90. The number of carbonyl (C=O) groups excluding carboxylic acids is 2. The fourth-order valence-electron chi connectivity index (χ4n) is 2.97. The van der Waals surface area contributed by atoms with Gasteiger partial charge in [0.25, 0.3) is 0 Å². The third-order valence-corrected chi connectivity index (χ3v) is 4.43. The first kappa shape index (κ1) is 18.6. The zero-order valence-corrected chi connectivity index (χ0v) is 15.3. The number of amides is 2. The highest BCUT2D eigenvalue weighted by atomic mass is 16.5. The van der Waals surface area contributed by atoms with Crippen LogP contribution in [0.5, 0.6) is 5.75 Å². The van der Waals surface area contributed by atoms with Gasteiger partial charge in [-0.05, 0) is 36.3 Å². The highest BCUT2D eigenvalue weighted by Crippen LogP contribution is 2.16. The smallest absolute Gasteiger partial charge is 0.247 e. The van der Waals surface area contributed by atoms with Crippen LogP contribution in [0.2, 0.25) is 0 Å². The summed E-state index contributed by atoms with van der Waals surface area (Å²) < 4.78 is 5.72. The fourth-order valence-corrected chi connectivity index (χ4v) is 2.97. The highest BCUT2D eigenvalue weighted by Gasteiger charge is 2.30. The lowest BCUT2D eigenvalue weighted by Crippen LogP contribution is -2.56. The van der Waals surface area contributed by atoms with Gasteiger partial charge in [0, 0.05) is 37.1 Å². The van der Waals surface area contributed by atoms with E-state index >= 15 is 0 Å². The second-order valence-corrected chi connectivity index (χ2v) is 6.30. The van der Waals surface area contributed by atoms with E-state index < -0.39 is 0 Å². The van der Waals surface area contributed by atoms with Gasteiger partial charge in [0.05, 0.1) is 0 Å². The standard InChI is InChI=1S/C21H23N3O3/c1-2-19-21(26)23-12-13-24(19)20(25)10-7-16-5-8-18(9-6-16)27-15-17-4-3-11-22-14-17/h3-11,14,19H,2,12-13,15H2,1H3,(H,23,26). The molecule has 0 saturated carbocycles. The summed E-state index contributed by atoms with van der Waals surface area (Å²) in [6, 6.07) is 11.0. The number of ether oxygens (including phenoxy) is 1. The molecule has 2 aromatic rings. The Bertz CT molecular complexity index is 803. The number of rotatable bonds is 6. The molecule has 1 aromatic heterocycles. The van der Waals surface area contributed by atoms with Gasteiger partial charge in [-0.1, -0.05) is 25.1 Å². The lowest BCUT2D eigenvalue weighted by Gasteiger charge is -2.33. The van der Waals surface area contributed by atoms with Gasteiger partial charge in [-0.2, -0.15) is 0 Å². The van der Waals surface area contributed by atoms with Crippen LogP contribution in [0.1, 0.15) is 24.5 Å². The average molecular weight is 365 g/mol. The SMILES string of the molecule is CCC1C(=O)NCCN1C(=O)C=Cc1ccc(OCc2cccnc2)cc1. The maximum Gasteiger partial charge on any atom is 0.247 e. The zero-order valence-electron chi connectivity index (χ0n) is 15.3. The van der Waals surface area contributed by atoms with Crippen molar-refractivity contribution >= 4 is 17.9 Å². The molecule has 3 rings (SSSR count). The Morgan fingerprint density at radius 1 is 1.33 bits per heavy atom. The van der Waals surface area contributed by atoms with Crippen molar-refractivity contribution in [3.05, 3.63) is 66.0 Å². The van der Waals surface area contributed by atoms with Crippen LogP contribution in [-0.2, 0) is 16.2 Å². The van der Waals surface area contributed by atoms with Crippen molar-refractivity contribution in [2.24, 2.45) is 0 Å². The van der Waals surface area contributed by atoms with Crippen LogP contribution in [0.25, 0.3) is 6.08 Å². The van der Waals surface area contributed by atoms with E-state index in [1.165, 1.54) is 6.08 Å². The summed E-state index contributed by atoms with van der Waals surface area (Å²) in [6.45, 7) is 3.40. The highest BCUT2D eigenvalue weighted by molar-refractivity contribution is 5.96. The number of nitrogens with one attached hydrogen (secondary N) is 1. The minimum Gasteiger partial charge on any atom is -0.489 e. The number of carbonyl (C=O) groups is 2. The van der Waals surface area contributed by atoms with Gasteiger partial charge >= 0.3 is 0 Å². The molecule has 1 fully saturated rings. The maximum absolute atomic E-state index is 12.4. The van der Waals surface area contributed by atoms with Crippen LogP contribution < -0.4 is 10.1 Å². The first-order valence-electron chi connectivity index (χ1n) is 9.05. The van der Waals surface area contributed by atoms with E-state index in [2.05, 4.69) is 10.3 Å². The Balaban J connectivity index is 1.57. The van der Waals surface area contributed by atoms with Crippen molar-refractivity contribution in [2.75, 3.05) is 13.1 Å². The Morgan fingerprint density at radius 3 is 2.85 bits per heavy atom. The number of piperazine rings is 1. The van der Waals surface area contributed by atoms with Gasteiger partial charge in [-0.15, -0.1) is 0 Å². The van der Waals surface area contributed by atoms with Crippen LogP contribution in [0.4, 0.5) is 0 Å². The predicted octanol–water partition coefficient (Wildman–Crippen LogP) is 2.41. The van der Waals surface area contributed by atoms with E-state index in [0.29, 0.717) is 26.1 Å². The summed E-state index contributed by atoms with van der Waals surface area (Å²) in [4.78, 5) is 30.0. The van der Waals surface area contributed by atoms with Crippen molar-refractivity contribution in [3.8, 4) is 5.75 Å². The van der Waals surface area contributed by atoms with Gasteiger partial charge in [0.2, 0.25) is 11.8 Å². The predicted molar refractivity (Wildman–Crippen MR) is 103 cm³/mol. The Kier molecular flexibility index (Phi) is 6.20. The Labute approximate surface area is 158 Å². The van der Waals surface area contributed by atoms with E-state index in [-0.39, 0.29) is 17.9 Å². The molecule has 27 heavy (non-hydrogen) atoms. The first-order chi connectivity index (χ1) is 13.2. The van der Waals surface area contributed by atoms with Crippen molar-refractivity contribution in [1.82, 2.24) is 15.2 Å². The molecule has 0 bridgehead atoms. The summed E-state index contributed by atoms with van der Waals surface area (Å²) in [6.07, 6.45) is 7.38. The van der Waals surface area contributed by atoms with Crippen LogP contribution >= 0.6 is 0 Å². The molecule has 0 spiro atoms.